The van der Waals surface area contributed by atoms with E-state index in [0.29, 0.717) is 11.7 Å². The molecule has 2 fully saturated rings. The summed E-state index contributed by atoms with van der Waals surface area (Å²) in [5.74, 6) is 2.44. The minimum absolute atomic E-state index is 0.0262. The standard InChI is InChI=1S/C15H25N5O/c1-11(2)5-6-19-7-9-20(10-8-19)15(21)14-16-13(17-18-14)12-3-4-12/h11-12H,3-10H2,1-2H3,(H,16,17,18). The monoisotopic (exact) mass is 291 g/mol. The van der Waals surface area contributed by atoms with Crippen LogP contribution in [-0.4, -0.2) is 63.6 Å². The molecule has 0 spiro atoms. The summed E-state index contributed by atoms with van der Waals surface area (Å²) in [6.07, 6.45) is 3.55. The molecule has 3 rings (SSSR count). The minimum Gasteiger partial charge on any atom is -0.333 e. The molecule has 116 valence electrons. The van der Waals surface area contributed by atoms with Gasteiger partial charge in [-0.25, -0.2) is 4.98 Å². The SMILES string of the molecule is CC(C)CCN1CCN(C(=O)c2n[nH]c(C3CC3)n2)CC1. The minimum atomic E-state index is -0.0262. The van der Waals surface area contributed by atoms with Gasteiger partial charge in [-0.2, -0.15) is 0 Å². The Balaban J connectivity index is 1.50. The van der Waals surface area contributed by atoms with E-state index in [0.717, 1.165) is 57.3 Å². The van der Waals surface area contributed by atoms with Crippen LogP contribution in [0.15, 0.2) is 0 Å². The maximum absolute atomic E-state index is 12.4. The molecule has 1 N–H and O–H groups in total. The van der Waals surface area contributed by atoms with Crippen LogP contribution in [0.4, 0.5) is 0 Å². The number of carbonyl (C=O) groups is 1. The first kappa shape index (κ1) is 14.5. The molecule has 0 aromatic carbocycles. The van der Waals surface area contributed by atoms with Crippen molar-refractivity contribution in [3.05, 3.63) is 11.6 Å². The first-order chi connectivity index (χ1) is 10.1. The van der Waals surface area contributed by atoms with Gasteiger partial charge < -0.3 is 4.90 Å². The average molecular weight is 291 g/mol. The Bertz CT molecular complexity index is 486. The number of piperazine rings is 1. The van der Waals surface area contributed by atoms with Gasteiger partial charge in [-0.3, -0.25) is 14.8 Å². The summed E-state index contributed by atoms with van der Waals surface area (Å²) in [4.78, 5) is 21.1. The van der Waals surface area contributed by atoms with Gasteiger partial charge in [0.25, 0.3) is 5.91 Å². The number of amides is 1. The zero-order valence-corrected chi connectivity index (χ0v) is 13.0. The lowest BCUT2D eigenvalue weighted by Gasteiger charge is -2.34. The van der Waals surface area contributed by atoms with E-state index in [2.05, 4.69) is 33.9 Å². The smallest absolute Gasteiger partial charge is 0.293 e. The molecule has 1 saturated heterocycles. The predicted molar refractivity (Wildman–Crippen MR) is 80.2 cm³/mol. The van der Waals surface area contributed by atoms with Crippen molar-refractivity contribution in [3.8, 4) is 0 Å². The Hall–Kier alpha value is -1.43. The zero-order chi connectivity index (χ0) is 14.8. The molecule has 1 saturated carbocycles. The molecule has 6 nitrogen and oxygen atoms in total. The van der Waals surface area contributed by atoms with Gasteiger partial charge in [0, 0.05) is 32.1 Å². The van der Waals surface area contributed by atoms with E-state index in [1.165, 1.54) is 6.42 Å². The maximum atomic E-state index is 12.4. The summed E-state index contributed by atoms with van der Waals surface area (Å²) < 4.78 is 0. The van der Waals surface area contributed by atoms with Gasteiger partial charge in [0.15, 0.2) is 0 Å². The largest absolute Gasteiger partial charge is 0.333 e. The molecule has 2 aliphatic rings. The normalized spacial score (nSPS) is 20.2. The highest BCUT2D eigenvalue weighted by atomic mass is 16.2. The number of hydrogen-bond donors (Lipinski definition) is 1. The van der Waals surface area contributed by atoms with E-state index in [4.69, 9.17) is 0 Å². The molecule has 2 heterocycles. The molecule has 6 heteroatoms. The molecule has 1 amide bonds. The van der Waals surface area contributed by atoms with Gasteiger partial charge in [-0.15, -0.1) is 5.10 Å². The summed E-state index contributed by atoms with van der Waals surface area (Å²) in [6, 6.07) is 0. The quantitative estimate of drug-likeness (QED) is 0.892. The summed E-state index contributed by atoms with van der Waals surface area (Å²) in [6.45, 7) is 9.11. The Labute approximate surface area is 125 Å². The third-order valence-corrected chi connectivity index (χ3v) is 4.34. The third-order valence-electron chi connectivity index (χ3n) is 4.34. The molecule has 0 atom stereocenters. The van der Waals surface area contributed by atoms with Crippen LogP contribution in [0.25, 0.3) is 0 Å². The Morgan fingerprint density at radius 2 is 2.00 bits per heavy atom. The molecule has 1 aromatic rings. The van der Waals surface area contributed by atoms with Crippen LogP contribution >= 0.6 is 0 Å². The van der Waals surface area contributed by atoms with Crippen LogP contribution in [0.2, 0.25) is 0 Å². The summed E-state index contributed by atoms with van der Waals surface area (Å²) in [5, 5.41) is 7.00. The van der Waals surface area contributed by atoms with E-state index >= 15 is 0 Å². The topological polar surface area (TPSA) is 65.1 Å². The van der Waals surface area contributed by atoms with Crippen LogP contribution in [0.5, 0.6) is 0 Å². The van der Waals surface area contributed by atoms with Crippen LogP contribution in [-0.2, 0) is 0 Å². The van der Waals surface area contributed by atoms with Crippen LogP contribution in [0.3, 0.4) is 0 Å². The first-order valence-electron chi connectivity index (χ1n) is 8.07. The van der Waals surface area contributed by atoms with E-state index in [1.54, 1.807) is 0 Å². The third kappa shape index (κ3) is 3.61. The molecular weight excluding hydrogens is 266 g/mol. The second-order valence-electron chi connectivity index (χ2n) is 6.63. The van der Waals surface area contributed by atoms with Crippen molar-refractivity contribution >= 4 is 5.91 Å². The van der Waals surface area contributed by atoms with E-state index in [-0.39, 0.29) is 5.91 Å². The van der Waals surface area contributed by atoms with Gasteiger partial charge in [0.2, 0.25) is 5.82 Å². The number of carbonyl (C=O) groups excluding carboxylic acids is 1. The number of rotatable bonds is 5. The molecular formula is C15H25N5O. The highest BCUT2D eigenvalue weighted by molar-refractivity contribution is 5.90. The number of aromatic nitrogens is 3. The Kier molecular flexibility index (Phi) is 4.24. The lowest BCUT2D eigenvalue weighted by atomic mass is 10.1. The van der Waals surface area contributed by atoms with Crippen LogP contribution < -0.4 is 0 Å². The molecule has 1 aliphatic carbocycles. The van der Waals surface area contributed by atoms with Gasteiger partial charge in [0.05, 0.1) is 0 Å². The highest BCUT2D eigenvalue weighted by Crippen LogP contribution is 2.37. The Morgan fingerprint density at radius 3 is 2.62 bits per heavy atom. The highest BCUT2D eigenvalue weighted by Gasteiger charge is 2.30. The van der Waals surface area contributed by atoms with Crippen molar-refractivity contribution in [2.24, 2.45) is 5.92 Å². The summed E-state index contributed by atoms with van der Waals surface area (Å²) in [5.41, 5.74) is 0. The Morgan fingerprint density at radius 1 is 1.29 bits per heavy atom. The fourth-order valence-electron chi connectivity index (χ4n) is 2.67. The predicted octanol–water partition coefficient (Wildman–Crippen LogP) is 1.49. The molecule has 0 radical (unpaired) electrons. The average Bonchev–Trinajstić information content (AvgIpc) is 3.22. The second-order valence-corrected chi connectivity index (χ2v) is 6.63. The second kappa shape index (κ2) is 6.13. The van der Waals surface area contributed by atoms with Crippen molar-refractivity contribution in [3.63, 3.8) is 0 Å². The lowest BCUT2D eigenvalue weighted by Crippen LogP contribution is -2.49. The van der Waals surface area contributed by atoms with Crippen molar-refractivity contribution < 1.29 is 4.79 Å². The van der Waals surface area contributed by atoms with E-state index < -0.39 is 0 Å². The number of nitrogens with zero attached hydrogens (tertiary/aromatic N) is 4. The van der Waals surface area contributed by atoms with E-state index in [1.807, 2.05) is 4.90 Å². The molecule has 0 bridgehead atoms. The fraction of sp³-hybridized carbons (Fsp3) is 0.800. The summed E-state index contributed by atoms with van der Waals surface area (Å²) in [7, 11) is 0. The number of H-pyrrole nitrogens is 1. The number of nitrogens with one attached hydrogen (secondary N) is 1. The van der Waals surface area contributed by atoms with Gasteiger partial charge in [-0.05, 0) is 31.7 Å². The molecule has 0 unspecified atom stereocenters. The van der Waals surface area contributed by atoms with Crippen molar-refractivity contribution in [1.29, 1.82) is 0 Å². The van der Waals surface area contributed by atoms with Crippen LogP contribution in [0.1, 0.15) is 55.5 Å². The van der Waals surface area contributed by atoms with Crippen molar-refractivity contribution in [2.75, 3.05) is 32.7 Å². The van der Waals surface area contributed by atoms with Gasteiger partial charge in [0.1, 0.15) is 5.82 Å². The molecule has 21 heavy (non-hydrogen) atoms. The first-order valence-corrected chi connectivity index (χ1v) is 8.07. The molecule has 1 aromatic heterocycles. The maximum Gasteiger partial charge on any atom is 0.293 e. The van der Waals surface area contributed by atoms with Gasteiger partial charge >= 0.3 is 0 Å². The lowest BCUT2D eigenvalue weighted by molar-refractivity contribution is 0.0620. The van der Waals surface area contributed by atoms with Crippen molar-refractivity contribution in [2.45, 2.75) is 39.0 Å². The van der Waals surface area contributed by atoms with Crippen molar-refractivity contribution in [1.82, 2.24) is 25.0 Å². The molecule has 1 aliphatic heterocycles. The number of aromatic amines is 1. The van der Waals surface area contributed by atoms with Gasteiger partial charge in [-0.1, -0.05) is 13.8 Å². The zero-order valence-electron chi connectivity index (χ0n) is 13.0. The van der Waals surface area contributed by atoms with Crippen LogP contribution in [0, 0.1) is 5.92 Å². The summed E-state index contributed by atoms with van der Waals surface area (Å²) >= 11 is 0. The fourth-order valence-corrected chi connectivity index (χ4v) is 2.67. The number of hydrogen-bond acceptors (Lipinski definition) is 4. The van der Waals surface area contributed by atoms with E-state index in [9.17, 15) is 4.79 Å².